The minimum atomic E-state index is 0.548. The summed E-state index contributed by atoms with van der Waals surface area (Å²) in [6, 6.07) is 9.90. The second-order valence-electron chi connectivity index (χ2n) is 6.12. The molecule has 0 aromatic heterocycles. The van der Waals surface area contributed by atoms with E-state index >= 15 is 0 Å². The van der Waals surface area contributed by atoms with Crippen molar-refractivity contribution in [2.75, 3.05) is 13.4 Å². The molecule has 3 atom stereocenters. The summed E-state index contributed by atoms with van der Waals surface area (Å²) in [5.41, 5.74) is 1.43. The quantitative estimate of drug-likeness (QED) is 0.855. The lowest BCUT2D eigenvalue weighted by molar-refractivity contribution is 0.402. The molecule has 0 spiro atoms. The van der Waals surface area contributed by atoms with E-state index < -0.39 is 0 Å². The predicted molar refractivity (Wildman–Crippen MR) is 86.5 cm³/mol. The summed E-state index contributed by atoms with van der Waals surface area (Å²) in [7, 11) is 1.73. The zero-order valence-corrected chi connectivity index (χ0v) is 13.3. The Labute approximate surface area is 126 Å². The van der Waals surface area contributed by atoms with Gasteiger partial charge < -0.3 is 10.1 Å². The number of nitrogens with one attached hydrogen (secondary N) is 1. The topological polar surface area (TPSA) is 21.3 Å². The number of hydrogen-bond donors (Lipinski definition) is 1. The molecule has 3 unspecified atom stereocenters. The maximum Gasteiger partial charge on any atom is 0.118 e. The van der Waals surface area contributed by atoms with Crippen molar-refractivity contribution in [3.05, 3.63) is 29.8 Å². The van der Waals surface area contributed by atoms with Gasteiger partial charge in [-0.2, -0.15) is 11.8 Å². The molecule has 0 radical (unpaired) electrons. The molecular weight excluding hydrogens is 266 g/mol. The Kier molecular flexibility index (Phi) is 4.57. The lowest BCUT2D eigenvalue weighted by Crippen LogP contribution is -2.32. The van der Waals surface area contributed by atoms with Crippen LogP contribution in [0.1, 0.15) is 43.7 Å². The van der Waals surface area contributed by atoms with E-state index in [1.54, 1.807) is 7.11 Å². The van der Waals surface area contributed by atoms with E-state index in [1.807, 2.05) is 11.8 Å². The van der Waals surface area contributed by atoms with Gasteiger partial charge in [0.25, 0.3) is 0 Å². The highest BCUT2D eigenvalue weighted by atomic mass is 32.2. The average molecular weight is 291 g/mol. The van der Waals surface area contributed by atoms with Gasteiger partial charge in [0, 0.05) is 17.3 Å². The third kappa shape index (κ3) is 3.32. The minimum absolute atomic E-state index is 0.548. The van der Waals surface area contributed by atoms with Gasteiger partial charge in [0.1, 0.15) is 5.75 Å². The van der Waals surface area contributed by atoms with Gasteiger partial charge in [-0.1, -0.05) is 12.1 Å². The van der Waals surface area contributed by atoms with Crippen molar-refractivity contribution in [3.8, 4) is 5.75 Å². The first-order valence-corrected chi connectivity index (χ1v) is 9.01. The van der Waals surface area contributed by atoms with Crippen molar-refractivity contribution in [1.82, 2.24) is 5.32 Å². The molecule has 2 aliphatic rings. The molecule has 0 bridgehead atoms. The van der Waals surface area contributed by atoms with Crippen LogP contribution in [0.15, 0.2) is 24.3 Å². The lowest BCUT2D eigenvalue weighted by Gasteiger charge is -2.24. The van der Waals surface area contributed by atoms with Gasteiger partial charge in [-0.15, -0.1) is 0 Å². The summed E-state index contributed by atoms with van der Waals surface area (Å²) in [5, 5.41) is 4.81. The number of benzene rings is 1. The van der Waals surface area contributed by atoms with E-state index in [1.165, 1.54) is 37.7 Å². The van der Waals surface area contributed by atoms with Crippen LogP contribution in [-0.2, 0) is 0 Å². The molecule has 2 aliphatic carbocycles. The number of hydrogen-bond acceptors (Lipinski definition) is 3. The van der Waals surface area contributed by atoms with E-state index in [-0.39, 0.29) is 0 Å². The molecule has 2 nitrogen and oxygen atoms in total. The second kappa shape index (κ2) is 6.40. The molecular formula is C17H25NOS. The van der Waals surface area contributed by atoms with Crippen molar-refractivity contribution in [2.24, 2.45) is 5.92 Å². The van der Waals surface area contributed by atoms with Gasteiger partial charge >= 0.3 is 0 Å². The summed E-state index contributed by atoms with van der Waals surface area (Å²) < 4.78 is 5.26. The predicted octanol–water partition coefficient (Wildman–Crippen LogP) is 4.02. The van der Waals surface area contributed by atoms with Gasteiger partial charge in [0.05, 0.1) is 7.11 Å². The van der Waals surface area contributed by atoms with Crippen LogP contribution in [0.25, 0.3) is 0 Å². The standard InChI is InChI=1S/C17H25NOS/c1-19-15-8-5-13(6-9-15)17(12-3-4-12)18-14-7-10-16(11-14)20-2/h5-6,8-9,12,14,16-18H,3-4,7,10-11H2,1-2H3. The third-order valence-electron chi connectivity index (χ3n) is 4.70. The summed E-state index contributed by atoms with van der Waals surface area (Å²) in [5.74, 6) is 1.79. The molecule has 1 aromatic carbocycles. The first-order chi connectivity index (χ1) is 9.80. The average Bonchev–Trinajstić information content (AvgIpc) is 3.24. The SMILES string of the molecule is COc1ccc(C(NC2CCC(SC)C2)C2CC2)cc1. The molecule has 0 aliphatic heterocycles. The minimum Gasteiger partial charge on any atom is -0.497 e. The molecule has 110 valence electrons. The fourth-order valence-electron chi connectivity index (χ4n) is 3.30. The molecule has 3 rings (SSSR count). The first-order valence-electron chi connectivity index (χ1n) is 7.73. The largest absolute Gasteiger partial charge is 0.497 e. The smallest absolute Gasteiger partial charge is 0.118 e. The molecule has 0 heterocycles. The van der Waals surface area contributed by atoms with Crippen LogP contribution in [0.5, 0.6) is 5.75 Å². The van der Waals surface area contributed by atoms with Crippen LogP contribution in [-0.4, -0.2) is 24.7 Å². The fourth-order valence-corrected chi connectivity index (χ4v) is 4.10. The number of ether oxygens (including phenoxy) is 1. The Morgan fingerprint density at radius 3 is 2.45 bits per heavy atom. The Bertz CT molecular complexity index is 429. The highest BCUT2D eigenvalue weighted by Crippen LogP contribution is 2.42. The van der Waals surface area contributed by atoms with Crippen LogP contribution in [0.2, 0.25) is 0 Å². The molecule has 2 fully saturated rings. The summed E-state index contributed by atoms with van der Waals surface area (Å²) in [4.78, 5) is 0. The normalized spacial score (nSPS) is 27.5. The third-order valence-corrected chi connectivity index (χ3v) is 5.80. The van der Waals surface area contributed by atoms with E-state index in [0.29, 0.717) is 12.1 Å². The molecule has 20 heavy (non-hydrogen) atoms. The number of thioether (sulfide) groups is 1. The molecule has 0 amide bonds. The monoisotopic (exact) mass is 291 g/mol. The molecule has 0 saturated heterocycles. The first kappa shape index (κ1) is 14.3. The Balaban J connectivity index is 1.66. The van der Waals surface area contributed by atoms with Crippen molar-refractivity contribution in [3.63, 3.8) is 0 Å². The van der Waals surface area contributed by atoms with Crippen molar-refractivity contribution in [1.29, 1.82) is 0 Å². The zero-order valence-electron chi connectivity index (χ0n) is 12.5. The van der Waals surface area contributed by atoms with E-state index in [4.69, 9.17) is 4.74 Å². The van der Waals surface area contributed by atoms with Gasteiger partial charge in [0.2, 0.25) is 0 Å². The molecule has 1 N–H and O–H groups in total. The van der Waals surface area contributed by atoms with Gasteiger partial charge in [-0.05, 0) is 62.0 Å². The van der Waals surface area contributed by atoms with Crippen molar-refractivity contribution >= 4 is 11.8 Å². The highest BCUT2D eigenvalue weighted by Gasteiger charge is 2.35. The zero-order chi connectivity index (χ0) is 13.9. The second-order valence-corrected chi connectivity index (χ2v) is 7.26. The maximum absolute atomic E-state index is 5.26. The molecule has 2 saturated carbocycles. The van der Waals surface area contributed by atoms with Crippen molar-refractivity contribution < 1.29 is 4.74 Å². The van der Waals surface area contributed by atoms with Crippen LogP contribution >= 0.6 is 11.8 Å². The van der Waals surface area contributed by atoms with E-state index in [9.17, 15) is 0 Å². The summed E-state index contributed by atoms with van der Waals surface area (Å²) in [6.07, 6.45) is 9.05. The maximum atomic E-state index is 5.26. The van der Waals surface area contributed by atoms with E-state index in [2.05, 4.69) is 35.8 Å². The van der Waals surface area contributed by atoms with Crippen LogP contribution in [0.4, 0.5) is 0 Å². The Hall–Kier alpha value is -0.670. The Morgan fingerprint density at radius 2 is 1.90 bits per heavy atom. The van der Waals surface area contributed by atoms with Crippen molar-refractivity contribution in [2.45, 2.75) is 49.4 Å². The fraction of sp³-hybridized carbons (Fsp3) is 0.647. The van der Waals surface area contributed by atoms with E-state index in [0.717, 1.165) is 16.9 Å². The number of rotatable bonds is 6. The summed E-state index contributed by atoms with van der Waals surface area (Å²) >= 11 is 2.03. The van der Waals surface area contributed by atoms with Crippen LogP contribution in [0, 0.1) is 5.92 Å². The highest BCUT2D eigenvalue weighted by molar-refractivity contribution is 7.99. The Morgan fingerprint density at radius 1 is 1.15 bits per heavy atom. The molecule has 3 heteroatoms. The van der Waals surface area contributed by atoms with Gasteiger partial charge in [0.15, 0.2) is 0 Å². The van der Waals surface area contributed by atoms with Gasteiger partial charge in [-0.25, -0.2) is 0 Å². The van der Waals surface area contributed by atoms with Gasteiger partial charge in [-0.3, -0.25) is 0 Å². The summed E-state index contributed by atoms with van der Waals surface area (Å²) in [6.45, 7) is 0. The lowest BCUT2D eigenvalue weighted by atomic mass is 10.0. The van der Waals surface area contributed by atoms with Crippen LogP contribution in [0.3, 0.4) is 0 Å². The number of methoxy groups -OCH3 is 1. The van der Waals surface area contributed by atoms with Crippen LogP contribution < -0.4 is 10.1 Å². The molecule has 1 aromatic rings.